The van der Waals surface area contributed by atoms with Crippen LogP contribution in [0.25, 0.3) is 0 Å². The number of thioether (sulfide) groups is 1. The minimum absolute atomic E-state index is 0.0178. The van der Waals surface area contributed by atoms with Crippen molar-refractivity contribution in [1.82, 2.24) is 0 Å². The van der Waals surface area contributed by atoms with Crippen LogP contribution < -0.4 is 0 Å². The molecule has 0 unspecified atom stereocenters. The number of rotatable bonds is 4. The normalized spacial score (nSPS) is 10.2. The molecule has 0 spiro atoms. The van der Waals surface area contributed by atoms with Gasteiger partial charge in [-0.1, -0.05) is 23.7 Å². The van der Waals surface area contributed by atoms with Crippen LogP contribution in [0.1, 0.15) is 5.56 Å². The number of carbonyl (C=O) groups excluding carboxylic acids is 1. The SMILES string of the molecule is CSc1c(Cl)cccc1CC(=O)CCl. The lowest BCUT2D eigenvalue weighted by Gasteiger charge is -2.07. The number of benzene rings is 1. The predicted molar refractivity (Wildman–Crippen MR) is 62.7 cm³/mol. The lowest BCUT2D eigenvalue weighted by atomic mass is 10.1. The molecule has 0 aromatic heterocycles. The van der Waals surface area contributed by atoms with Gasteiger partial charge < -0.3 is 0 Å². The van der Waals surface area contributed by atoms with E-state index >= 15 is 0 Å². The molecule has 0 aliphatic rings. The van der Waals surface area contributed by atoms with E-state index in [1.807, 2.05) is 24.5 Å². The summed E-state index contributed by atoms with van der Waals surface area (Å²) in [6.45, 7) is 0. The Bertz CT molecular complexity index is 339. The molecule has 0 amide bonds. The van der Waals surface area contributed by atoms with Gasteiger partial charge in [0.25, 0.3) is 0 Å². The summed E-state index contributed by atoms with van der Waals surface area (Å²) in [6, 6.07) is 5.57. The van der Waals surface area contributed by atoms with Crippen LogP contribution in [-0.2, 0) is 11.2 Å². The van der Waals surface area contributed by atoms with Gasteiger partial charge >= 0.3 is 0 Å². The molecule has 0 aliphatic carbocycles. The van der Waals surface area contributed by atoms with Gasteiger partial charge in [0.05, 0.1) is 10.9 Å². The minimum Gasteiger partial charge on any atom is -0.298 e. The van der Waals surface area contributed by atoms with Crippen LogP contribution in [0.2, 0.25) is 5.02 Å². The highest BCUT2D eigenvalue weighted by molar-refractivity contribution is 7.98. The maximum Gasteiger partial charge on any atom is 0.151 e. The van der Waals surface area contributed by atoms with E-state index < -0.39 is 0 Å². The third-order valence-corrected chi connectivity index (χ3v) is 3.40. The van der Waals surface area contributed by atoms with Crippen molar-refractivity contribution in [3.8, 4) is 0 Å². The molecule has 1 rings (SSSR count). The molecule has 0 saturated carbocycles. The molecule has 0 radical (unpaired) electrons. The van der Waals surface area contributed by atoms with Crippen LogP contribution >= 0.6 is 35.0 Å². The van der Waals surface area contributed by atoms with Crippen LogP contribution in [0.3, 0.4) is 0 Å². The Hall–Kier alpha value is -0.180. The van der Waals surface area contributed by atoms with Gasteiger partial charge in [-0.05, 0) is 17.9 Å². The Morgan fingerprint density at radius 3 is 2.79 bits per heavy atom. The Morgan fingerprint density at radius 1 is 1.50 bits per heavy atom. The predicted octanol–water partition coefficient (Wildman–Crippen LogP) is 3.41. The first-order valence-corrected chi connectivity index (χ1v) is 6.21. The van der Waals surface area contributed by atoms with Crippen LogP contribution in [0.15, 0.2) is 23.1 Å². The second-order valence-electron chi connectivity index (χ2n) is 2.78. The van der Waals surface area contributed by atoms with Crippen molar-refractivity contribution in [3.05, 3.63) is 28.8 Å². The molecule has 0 N–H and O–H groups in total. The smallest absolute Gasteiger partial charge is 0.151 e. The fourth-order valence-corrected chi connectivity index (χ4v) is 2.37. The summed E-state index contributed by atoms with van der Waals surface area (Å²) in [5.74, 6) is 0.0737. The Balaban J connectivity index is 2.96. The van der Waals surface area contributed by atoms with Gasteiger partial charge in [-0.25, -0.2) is 0 Å². The first kappa shape index (κ1) is 11.9. The number of hydrogen-bond donors (Lipinski definition) is 0. The molecule has 76 valence electrons. The van der Waals surface area contributed by atoms with Crippen molar-refractivity contribution in [1.29, 1.82) is 0 Å². The average Bonchev–Trinajstić information content (AvgIpc) is 2.18. The summed E-state index contributed by atoms with van der Waals surface area (Å²) in [4.78, 5) is 12.1. The van der Waals surface area contributed by atoms with E-state index in [-0.39, 0.29) is 11.7 Å². The topological polar surface area (TPSA) is 17.1 Å². The zero-order chi connectivity index (χ0) is 10.6. The van der Waals surface area contributed by atoms with Crippen LogP contribution in [0, 0.1) is 0 Å². The first-order valence-electron chi connectivity index (χ1n) is 4.08. The van der Waals surface area contributed by atoms with Gasteiger partial charge in [-0.3, -0.25) is 4.79 Å². The molecule has 4 heteroatoms. The van der Waals surface area contributed by atoms with Gasteiger partial charge in [0.2, 0.25) is 0 Å². The maximum absolute atomic E-state index is 11.2. The van der Waals surface area contributed by atoms with Gasteiger partial charge in [0.15, 0.2) is 5.78 Å². The van der Waals surface area contributed by atoms with E-state index in [4.69, 9.17) is 23.2 Å². The lowest BCUT2D eigenvalue weighted by molar-refractivity contribution is -0.116. The molecular weight excluding hydrogens is 239 g/mol. The first-order chi connectivity index (χ1) is 6.69. The number of hydrogen-bond acceptors (Lipinski definition) is 2. The average molecular weight is 249 g/mol. The summed E-state index contributed by atoms with van der Waals surface area (Å²) < 4.78 is 0. The molecule has 0 bridgehead atoms. The van der Waals surface area contributed by atoms with E-state index in [1.165, 1.54) is 0 Å². The van der Waals surface area contributed by atoms with Crippen LogP contribution in [0.5, 0.6) is 0 Å². The van der Waals surface area contributed by atoms with Gasteiger partial charge in [0.1, 0.15) is 0 Å². The quantitative estimate of drug-likeness (QED) is 0.600. The molecule has 0 fully saturated rings. The van der Waals surface area contributed by atoms with Gasteiger partial charge in [-0.2, -0.15) is 0 Å². The molecule has 1 aromatic carbocycles. The zero-order valence-corrected chi connectivity index (χ0v) is 10.0. The van der Waals surface area contributed by atoms with Crippen molar-refractivity contribution >= 4 is 40.7 Å². The van der Waals surface area contributed by atoms with Gasteiger partial charge in [0, 0.05) is 11.3 Å². The zero-order valence-electron chi connectivity index (χ0n) is 7.72. The van der Waals surface area contributed by atoms with Crippen molar-refractivity contribution in [2.24, 2.45) is 0 Å². The highest BCUT2D eigenvalue weighted by Crippen LogP contribution is 2.29. The highest BCUT2D eigenvalue weighted by atomic mass is 35.5. The van der Waals surface area contributed by atoms with Crippen molar-refractivity contribution < 1.29 is 4.79 Å². The Labute approximate surface area is 97.8 Å². The second kappa shape index (κ2) is 5.64. The van der Waals surface area contributed by atoms with E-state index in [0.717, 1.165) is 10.5 Å². The maximum atomic E-state index is 11.2. The summed E-state index contributed by atoms with van der Waals surface area (Å²) in [7, 11) is 0. The highest BCUT2D eigenvalue weighted by Gasteiger charge is 2.09. The number of Topliss-reactive ketones (excluding diaryl/α,β-unsaturated/α-hetero) is 1. The molecule has 0 heterocycles. The molecule has 0 saturated heterocycles. The van der Waals surface area contributed by atoms with E-state index in [1.54, 1.807) is 11.8 Å². The Kier molecular flexibility index (Phi) is 4.79. The monoisotopic (exact) mass is 248 g/mol. The van der Waals surface area contributed by atoms with Crippen molar-refractivity contribution in [3.63, 3.8) is 0 Å². The number of halogens is 2. The summed E-state index contributed by atoms with van der Waals surface area (Å²) in [5, 5.41) is 0.692. The molecule has 1 nitrogen and oxygen atoms in total. The lowest BCUT2D eigenvalue weighted by Crippen LogP contribution is -2.04. The molecule has 0 atom stereocenters. The molecular formula is C10H10Cl2OS. The Morgan fingerprint density at radius 2 is 2.21 bits per heavy atom. The van der Waals surface area contributed by atoms with Crippen molar-refractivity contribution in [2.75, 3.05) is 12.1 Å². The van der Waals surface area contributed by atoms with Crippen LogP contribution in [-0.4, -0.2) is 17.9 Å². The molecule has 14 heavy (non-hydrogen) atoms. The standard InChI is InChI=1S/C10H10Cl2OS/c1-14-10-7(5-8(13)6-11)3-2-4-9(10)12/h2-4H,5-6H2,1H3. The fourth-order valence-electron chi connectivity index (χ4n) is 1.18. The largest absolute Gasteiger partial charge is 0.298 e. The van der Waals surface area contributed by atoms with Gasteiger partial charge in [-0.15, -0.1) is 23.4 Å². The summed E-state index contributed by atoms with van der Waals surface area (Å²) in [6.07, 6.45) is 2.30. The van der Waals surface area contributed by atoms with Crippen molar-refractivity contribution in [2.45, 2.75) is 11.3 Å². The van der Waals surface area contributed by atoms with Crippen LogP contribution in [0.4, 0.5) is 0 Å². The number of carbonyl (C=O) groups is 1. The second-order valence-corrected chi connectivity index (χ2v) is 4.27. The number of ketones is 1. The number of alkyl halides is 1. The van der Waals surface area contributed by atoms with E-state index in [0.29, 0.717) is 11.4 Å². The molecule has 0 aliphatic heterocycles. The summed E-state index contributed by atoms with van der Waals surface area (Å²) in [5.41, 5.74) is 0.954. The minimum atomic E-state index is 0.0178. The van der Waals surface area contributed by atoms with E-state index in [9.17, 15) is 4.79 Å². The fraction of sp³-hybridized carbons (Fsp3) is 0.300. The third-order valence-electron chi connectivity index (χ3n) is 1.79. The third kappa shape index (κ3) is 2.91. The summed E-state index contributed by atoms with van der Waals surface area (Å²) >= 11 is 13.0. The molecule has 1 aromatic rings. The van der Waals surface area contributed by atoms with E-state index in [2.05, 4.69) is 0 Å².